The molecule has 1 aromatic carbocycles. The van der Waals surface area contributed by atoms with E-state index in [9.17, 15) is 10.1 Å². The third-order valence-corrected chi connectivity index (χ3v) is 5.49. The Morgan fingerprint density at radius 2 is 2.04 bits per heavy atom. The minimum absolute atomic E-state index is 0.104. The first-order valence-electron chi connectivity index (χ1n) is 9.33. The smallest absolute Gasteiger partial charge is 0.368 e. The summed E-state index contributed by atoms with van der Waals surface area (Å²) in [6.45, 7) is 3.98. The molecule has 5 rings (SSSR count). The van der Waals surface area contributed by atoms with Gasteiger partial charge in [-0.25, -0.2) is 4.98 Å². The molecule has 0 amide bonds. The zero-order valence-corrected chi connectivity index (χ0v) is 15.2. The van der Waals surface area contributed by atoms with Gasteiger partial charge in [0.1, 0.15) is 6.20 Å². The van der Waals surface area contributed by atoms with E-state index in [-0.39, 0.29) is 18.0 Å². The van der Waals surface area contributed by atoms with Gasteiger partial charge in [0.05, 0.1) is 18.8 Å². The van der Waals surface area contributed by atoms with Crippen molar-refractivity contribution in [1.29, 1.82) is 0 Å². The van der Waals surface area contributed by atoms with Crippen LogP contribution in [0.3, 0.4) is 0 Å². The fraction of sp³-hybridized carbons (Fsp3) is 0.368. The molecule has 0 aliphatic carbocycles. The number of anilines is 1. The maximum absolute atomic E-state index is 11.2. The predicted molar refractivity (Wildman–Crippen MR) is 102 cm³/mol. The van der Waals surface area contributed by atoms with Crippen LogP contribution in [0.15, 0.2) is 48.7 Å². The lowest BCUT2D eigenvalue weighted by Crippen LogP contribution is -2.50. The molecule has 0 bridgehead atoms. The molecular formula is C19H20N6O3. The number of nitrogens with zero attached hydrogens (tertiary/aromatic N) is 6. The molecule has 4 heterocycles. The number of ether oxygens (including phenoxy) is 1. The third kappa shape index (κ3) is 2.98. The summed E-state index contributed by atoms with van der Waals surface area (Å²) in [4.78, 5) is 19.4. The van der Waals surface area contributed by atoms with Gasteiger partial charge in [-0.15, -0.1) is 0 Å². The van der Waals surface area contributed by atoms with Gasteiger partial charge in [0.2, 0.25) is 5.65 Å². The quantitative estimate of drug-likeness (QED) is 0.503. The summed E-state index contributed by atoms with van der Waals surface area (Å²) in [6, 6.07) is 14.3. The summed E-state index contributed by atoms with van der Waals surface area (Å²) in [5, 5.41) is 15.7. The van der Waals surface area contributed by atoms with E-state index in [1.54, 1.807) is 6.07 Å². The fourth-order valence-electron chi connectivity index (χ4n) is 4.10. The van der Waals surface area contributed by atoms with Gasteiger partial charge in [0.15, 0.2) is 5.82 Å². The Morgan fingerprint density at radius 1 is 1.18 bits per heavy atom. The molecule has 3 aromatic rings. The molecule has 2 saturated heterocycles. The lowest BCUT2D eigenvalue weighted by molar-refractivity contribution is -0.391. The molecule has 2 fully saturated rings. The highest BCUT2D eigenvalue weighted by Gasteiger charge is 2.41. The van der Waals surface area contributed by atoms with Gasteiger partial charge in [-0.2, -0.15) is 0 Å². The molecule has 144 valence electrons. The van der Waals surface area contributed by atoms with Crippen molar-refractivity contribution >= 4 is 17.3 Å². The van der Waals surface area contributed by atoms with Crippen molar-refractivity contribution in [3.63, 3.8) is 0 Å². The number of hydrogen-bond acceptors (Lipinski definition) is 7. The number of benzene rings is 1. The van der Waals surface area contributed by atoms with Crippen molar-refractivity contribution in [2.75, 3.05) is 31.1 Å². The molecule has 0 N–H and O–H groups in total. The lowest BCUT2D eigenvalue weighted by atomic mass is 10.1. The van der Waals surface area contributed by atoms with Crippen molar-refractivity contribution in [2.24, 2.45) is 0 Å². The predicted octanol–water partition coefficient (Wildman–Crippen LogP) is 1.73. The minimum atomic E-state index is -0.467. The largest absolute Gasteiger partial charge is 0.373 e. The van der Waals surface area contributed by atoms with Gasteiger partial charge in [0.25, 0.3) is 0 Å². The van der Waals surface area contributed by atoms with Crippen LogP contribution in [0, 0.1) is 10.1 Å². The Hall–Kier alpha value is -3.04. The van der Waals surface area contributed by atoms with Crippen LogP contribution in [0.25, 0.3) is 5.65 Å². The van der Waals surface area contributed by atoms with Crippen LogP contribution in [0.5, 0.6) is 0 Å². The number of rotatable bonds is 4. The average molecular weight is 380 g/mol. The third-order valence-electron chi connectivity index (χ3n) is 5.49. The number of fused-ring (bicyclic) bond motifs is 2. The lowest BCUT2D eigenvalue weighted by Gasteiger charge is -2.36. The Labute approximate surface area is 161 Å². The van der Waals surface area contributed by atoms with Gasteiger partial charge in [-0.05, 0) is 16.6 Å². The van der Waals surface area contributed by atoms with E-state index >= 15 is 0 Å². The normalized spacial score (nSPS) is 22.5. The molecular weight excluding hydrogens is 360 g/mol. The molecule has 2 aliphatic rings. The maximum atomic E-state index is 11.2. The van der Waals surface area contributed by atoms with Crippen molar-refractivity contribution in [3.8, 4) is 0 Å². The van der Waals surface area contributed by atoms with E-state index in [1.807, 2.05) is 12.1 Å². The maximum Gasteiger partial charge on any atom is 0.368 e. The Kier molecular flexibility index (Phi) is 4.18. The molecule has 28 heavy (non-hydrogen) atoms. The summed E-state index contributed by atoms with van der Waals surface area (Å²) in [7, 11) is 0. The van der Waals surface area contributed by atoms with E-state index in [1.165, 1.54) is 16.3 Å². The Morgan fingerprint density at radius 3 is 2.86 bits per heavy atom. The summed E-state index contributed by atoms with van der Waals surface area (Å²) in [5.74, 6) is 0.571. The van der Waals surface area contributed by atoms with Crippen molar-refractivity contribution < 1.29 is 9.66 Å². The van der Waals surface area contributed by atoms with E-state index in [0.29, 0.717) is 18.1 Å². The highest BCUT2D eigenvalue weighted by atomic mass is 16.6. The minimum Gasteiger partial charge on any atom is -0.373 e. The standard InChI is InChI=1S/C19H20N6O3/c26-25(27)19-10-20-17-6-7-18(21-24(17)19)23-12-15-16(13-23)28-9-8-22(15)11-14-4-2-1-3-5-14/h1-7,10,15-16H,8-9,11-13H2. The SMILES string of the molecule is O=[N+]([O-])c1cnc2ccc(N3CC4OCCN(Cc5ccccc5)C4C3)nn12. The molecule has 9 nitrogen and oxygen atoms in total. The van der Waals surface area contributed by atoms with Crippen molar-refractivity contribution in [2.45, 2.75) is 18.7 Å². The second kappa shape index (κ2) is 6.84. The first kappa shape index (κ1) is 17.1. The zero-order chi connectivity index (χ0) is 19.1. The highest BCUT2D eigenvalue weighted by Crippen LogP contribution is 2.28. The second-order valence-electron chi connectivity index (χ2n) is 7.17. The van der Waals surface area contributed by atoms with Crippen molar-refractivity contribution in [3.05, 3.63) is 64.3 Å². The van der Waals surface area contributed by atoms with Gasteiger partial charge in [0, 0.05) is 32.2 Å². The highest BCUT2D eigenvalue weighted by molar-refractivity contribution is 5.50. The van der Waals surface area contributed by atoms with E-state index < -0.39 is 4.92 Å². The molecule has 0 spiro atoms. The summed E-state index contributed by atoms with van der Waals surface area (Å²) >= 11 is 0. The molecule has 0 radical (unpaired) electrons. The van der Waals surface area contributed by atoms with Crippen LogP contribution in [0.4, 0.5) is 11.6 Å². The number of nitro groups is 1. The van der Waals surface area contributed by atoms with Crippen LogP contribution in [-0.2, 0) is 11.3 Å². The van der Waals surface area contributed by atoms with Gasteiger partial charge in [-0.3, -0.25) is 4.90 Å². The van der Waals surface area contributed by atoms with E-state index in [0.717, 1.165) is 26.2 Å². The first-order chi connectivity index (χ1) is 13.7. The van der Waals surface area contributed by atoms with Gasteiger partial charge < -0.3 is 19.8 Å². The molecule has 2 aliphatic heterocycles. The summed E-state index contributed by atoms with van der Waals surface area (Å²) in [6.07, 6.45) is 1.34. The van der Waals surface area contributed by atoms with Crippen LogP contribution in [0.2, 0.25) is 0 Å². The number of aromatic nitrogens is 3. The number of hydrogen-bond donors (Lipinski definition) is 0. The molecule has 2 unspecified atom stereocenters. The molecule has 2 atom stereocenters. The number of imidazole rings is 1. The monoisotopic (exact) mass is 380 g/mol. The van der Waals surface area contributed by atoms with Gasteiger partial charge >= 0.3 is 5.82 Å². The summed E-state index contributed by atoms with van der Waals surface area (Å²) < 4.78 is 7.31. The first-order valence-corrected chi connectivity index (χ1v) is 9.33. The second-order valence-corrected chi connectivity index (χ2v) is 7.17. The summed E-state index contributed by atoms with van der Waals surface area (Å²) in [5.41, 5.74) is 1.75. The Bertz CT molecular complexity index is 1010. The average Bonchev–Trinajstić information content (AvgIpc) is 3.33. The van der Waals surface area contributed by atoms with Crippen LogP contribution < -0.4 is 4.90 Å². The van der Waals surface area contributed by atoms with Gasteiger partial charge in [-0.1, -0.05) is 39.9 Å². The van der Waals surface area contributed by atoms with E-state index in [2.05, 4.69) is 44.1 Å². The van der Waals surface area contributed by atoms with Crippen LogP contribution >= 0.6 is 0 Å². The number of morpholine rings is 1. The Balaban J connectivity index is 1.39. The molecule has 9 heteroatoms. The topological polar surface area (TPSA) is 89.0 Å². The zero-order valence-electron chi connectivity index (χ0n) is 15.2. The molecule has 0 saturated carbocycles. The van der Waals surface area contributed by atoms with Crippen LogP contribution in [-0.4, -0.2) is 62.8 Å². The van der Waals surface area contributed by atoms with Crippen LogP contribution in [0.1, 0.15) is 5.56 Å². The van der Waals surface area contributed by atoms with E-state index in [4.69, 9.17) is 4.74 Å². The molecule has 2 aromatic heterocycles. The van der Waals surface area contributed by atoms with Crippen molar-refractivity contribution in [1.82, 2.24) is 19.5 Å². The fourth-order valence-corrected chi connectivity index (χ4v) is 4.10.